The van der Waals surface area contributed by atoms with E-state index in [-0.39, 0.29) is 0 Å². The van der Waals surface area contributed by atoms with Gasteiger partial charge in [-0.2, -0.15) is 0 Å². The van der Waals surface area contributed by atoms with E-state index in [9.17, 15) is 0 Å². The monoisotopic (exact) mass is 350 g/mol. The minimum absolute atomic E-state index is 0.655. The third-order valence-electron chi connectivity index (χ3n) is 4.01. The lowest BCUT2D eigenvalue weighted by atomic mass is 10.1. The predicted octanol–water partition coefficient (Wildman–Crippen LogP) is 4.30. The van der Waals surface area contributed by atoms with Gasteiger partial charge in [-0.3, -0.25) is 5.43 Å². The quantitative estimate of drug-likeness (QED) is 0.760. The van der Waals surface area contributed by atoms with Crippen molar-refractivity contribution in [2.75, 3.05) is 12.0 Å². The van der Waals surface area contributed by atoms with Crippen molar-refractivity contribution in [3.05, 3.63) is 65.1 Å². The van der Waals surface area contributed by atoms with Gasteiger partial charge in [-0.05, 0) is 43.7 Å². The van der Waals surface area contributed by atoms with Gasteiger partial charge in [0.05, 0.1) is 12.3 Å². The molecule has 126 valence electrons. The molecule has 0 fully saturated rings. The van der Waals surface area contributed by atoms with Crippen molar-refractivity contribution in [2.24, 2.45) is 0 Å². The number of hydrogen-bond donors (Lipinski definition) is 1. The molecule has 0 radical (unpaired) electrons. The zero-order valence-corrected chi connectivity index (χ0v) is 14.9. The number of ether oxygens (including phenoxy) is 1. The van der Waals surface area contributed by atoms with E-state index < -0.39 is 0 Å². The molecule has 1 aromatic heterocycles. The predicted molar refractivity (Wildman–Crippen MR) is 101 cm³/mol. The summed E-state index contributed by atoms with van der Waals surface area (Å²) >= 11 is 1.57. The summed E-state index contributed by atoms with van der Waals surface area (Å²) in [4.78, 5) is 0. The molecule has 25 heavy (non-hydrogen) atoms. The molecule has 5 nitrogen and oxygen atoms in total. The summed E-state index contributed by atoms with van der Waals surface area (Å²) in [6.45, 7) is 4.74. The van der Waals surface area contributed by atoms with E-state index in [1.165, 1.54) is 11.1 Å². The fraction of sp³-hybridized carbons (Fsp3) is 0.158. The number of benzene rings is 2. The first-order valence-corrected chi connectivity index (χ1v) is 9.02. The maximum absolute atomic E-state index is 5.51. The average Bonchev–Trinajstić information content (AvgIpc) is 3.06. The molecule has 2 heterocycles. The molecule has 0 unspecified atom stereocenters. The standard InChI is InChI=1S/C19H18N4OS/c1-3-24-15-10-8-14(9-11-15)18-20-21-19-23(18)22-17(12-25-19)16-7-5-4-6-13(16)2/h4-12,22H,3H2,1-2H3. The Morgan fingerprint density at radius 1 is 1.08 bits per heavy atom. The summed E-state index contributed by atoms with van der Waals surface area (Å²) in [5, 5.41) is 11.5. The number of thioether (sulfide) groups is 1. The summed E-state index contributed by atoms with van der Waals surface area (Å²) in [5.41, 5.74) is 7.87. The van der Waals surface area contributed by atoms with Crippen molar-refractivity contribution in [1.82, 2.24) is 14.9 Å². The molecule has 3 aromatic rings. The number of nitrogens with one attached hydrogen (secondary N) is 1. The van der Waals surface area contributed by atoms with Crippen molar-refractivity contribution < 1.29 is 4.74 Å². The van der Waals surface area contributed by atoms with Crippen LogP contribution >= 0.6 is 11.8 Å². The van der Waals surface area contributed by atoms with Crippen LogP contribution in [-0.4, -0.2) is 21.5 Å². The first-order valence-electron chi connectivity index (χ1n) is 8.15. The van der Waals surface area contributed by atoms with Gasteiger partial charge in [0.25, 0.3) is 0 Å². The Balaban J connectivity index is 1.66. The first kappa shape index (κ1) is 15.8. The van der Waals surface area contributed by atoms with Crippen LogP contribution in [0.3, 0.4) is 0 Å². The summed E-state index contributed by atoms with van der Waals surface area (Å²) in [5.74, 6) is 1.64. The summed E-state index contributed by atoms with van der Waals surface area (Å²) in [7, 11) is 0. The molecule has 1 N–H and O–H groups in total. The molecule has 1 aliphatic heterocycles. The van der Waals surface area contributed by atoms with E-state index >= 15 is 0 Å². The second kappa shape index (κ2) is 6.64. The molecule has 1 aliphatic rings. The number of fused-ring (bicyclic) bond motifs is 1. The topological polar surface area (TPSA) is 52.0 Å². The van der Waals surface area contributed by atoms with E-state index in [0.29, 0.717) is 6.61 Å². The molecular weight excluding hydrogens is 332 g/mol. The summed E-state index contributed by atoms with van der Waals surface area (Å²) in [6.07, 6.45) is 0. The average molecular weight is 350 g/mol. The summed E-state index contributed by atoms with van der Waals surface area (Å²) < 4.78 is 7.44. The van der Waals surface area contributed by atoms with Gasteiger partial charge in [-0.1, -0.05) is 36.0 Å². The lowest BCUT2D eigenvalue weighted by Crippen LogP contribution is -2.18. The Labute approximate surface area is 150 Å². The minimum atomic E-state index is 0.655. The molecule has 0 saturated carbocycles. The Hall–Kier alpha value is -2.73. The number of aromatic nitrogens is 3. The maximum atomic E-state index is 5.51. The van der Waals surface area contributed by atoms with Crippen LogP contribution in [-0.2, 0) is 0 Å². The molecule has 6 heteroatoms. The summed E-state index contributed by atoms with van der Waals surface area (Å²) in [6, 6.07) is 16.2. The fourth-order valence-corrected chi connectivity index (χ4v) is 3.49. The maximum Gasteiger partial charge on any atom is 0.214 e. The zero-order chi connectivity index (χ0) is 17.2. The molecule has 0 amide bonds. The Kier molecular flexibility index (Phi) is 4.19. The van der Waals surface area contributed by atoms with Gasteiger partial charge < -0.3 is 4.74 Å². The normalized spacial score (nSPS) is 13.0. The van der Waals surface area contributed by atoms with Crippen molar-refractivity contribution in [3.8, 4) is 17.1 Å². The van der Waals surface area contributed by atoms with Crippen LogP contribution < -0.4 is 10.2 Å². The van der Waals surface area contributed by atoms with Gasteiger partial charge in [0.1, 0.15) is 5.75 Å². The number of rotatable bonds is 4. The Morgan fingerprint density at radius 3 is 2.64 bits per heavy atom. The minimum Gasteiger partial charge on any atom is -0.494 e. The van der Waals surface area contributed by atoms with Crippen LogP contribution in [0.5, 0.6) is 5.75 Å². The van der Waals surface area contributed by atoms with Gasteiger partial charge >= 0.3 is 0 Å². The lowest BCUT2D eigenvalue weighted by molar-refractivity contribution is 0.340. The Morgan fingerprint density at radius 2 is 1.88 bits per heavy atom. The number of aryl methyl sites for hydroxylation is 1. The van der Waals surface area contributed by atoms with Crippen molar-refractivity contribution in [3.63, 3.8) is 0 Å². The SMILES string of the molecule is CCOc1ccc(-c2nnc3n2NC(c2ccccc2C)=CS3)cc1. The highest BCUT2D eigenvalue weighted by Gasteiger charge is 2.20. The molecule has 0 aliphatic carbocycles. The van der Waals surface area contributed by atoms with Crippen molar-refractivity contribution >= 4 is 17.5 Å². The van der Waals surface area contributed by atoms with Crippen LogP contribution in [0.25, 0.3) is 17.1 Å². The number of hydrogen-bond acceptors (Lipinski definition) is 5. The van der Waals surface area contributed by atoms with E-state index in [0.717, 1.165) is 28.0 Å². The van der Waals surface area contributed by atoms with Crippen LogP contribution in [0.1, 0.15) is 18.1 Å². The molecule has 0 saturated heterocycles. The smallest absolute Gasteiger partial charge is 0.214 e. The second-order valence-corrected chi connectivity index (χ2v) is 6.51. The largest absolute Gasteiger partial charge is 0.494 e. The Bertz CT molecular complexity index is 931. The molecule has 0 bridgehead atoms. The van der Waals surface area contributed by atoms with E-state index in [1.54, 1.807) is 11.8 Å². The van der Waals surface area contributed by atoms with Crippen LogP contribution in [0.2, 0.25) is 0 Å². The number of nitrogens with zero attached hydrogens (tertiary/aromatic N) is 3. The highest BCUT2D eigenvalue weighted by atomic mass is 32.2. The second-order valence-electron chi connectivity index (χ2n) is 5.68. The third-order valence-corrected chi connectivity index (χ3v) is 4.84. The van der Waals surface area contributed by atoms with E-state index in [4.69, 9.17) is 4.74 Å². The van der Waals surface area contributed by atoms with Gasteiger partial charge in [0, 0.05) is 16.5 Å². The van der Waals surface area contributed by atoms with Crippen molar-refractivity contribution in [2.45, 2.75) is 19.0 Å². The van der Waals surface area contributed by atoms with Crippen molar-refractivity contribution in [1.29, 1.82) is 0 Å². The highest BCUT2D eigenvalue weighted by Crippen LogP contribution is 2.32. The first-order chi connectivity index (χ1) is 12.3. The van der Waals surface area contributed by atoms with Gasteiger partial charge in [0.2, 0.25) is 5.16 Å². The van der Waals surface area contributed by atoms with Crippen LogP contribution in [0.15, 0.2) is 59.1 Å². The van der Waals surface area contributed by atoms with Gasteiger partial charge in [0.15, 0.2) is 5.82 Å². The van der Waals surface area contributed by atoms with E-state index in [1.807, 2.05) is 48.0 Å². The highest BCUT2D eigenvalue weighted by molar-refractivity contribution is 8.02. The van der Waals surface area contributed by atoms with Gasteiger partial charge in [-0.25, -0.2) is 4.68 Å². The molecule has 0 atom stereocenters. The molecule has 0 spiro atoms. The van der Waals surface area contributed by atoms with Gasteiger partial charge in [-0.15, -0.1) is 10.2 Å². The molecular formula is C19H18N4OS. The lowest BCUT2D eigenvalue weighted by Gasteiger charge is -2.20. The van der Waals surface area contributed by atoms with Crippen LogP contribution in [0, 0.1) is 6.92 Å². The fourth-order valence-electron chi connectivity index (χ4n) is 2.76. The molecule has 4 rings (SSSR count). The van der Waals surface area contributed by atoms with E-state index in [2.05, 4.69) is 40.1 Å². The molecule has 2 aromatic carbocycles. The third kappa shape index (κ3) is 3.00. The zero-order valence-electron chi connectivity index (χ0n) is 14.1. The van der Waals surface area contributed by atoms with Crippen LogP contribution in [0.4, 0.5) is 0 Å².